The van der Waals surface area contributed by atoms with Gasteiger partial charge in [-0.25, -0.2) is 0 Å². The SMILES string of the molecule is CCCN(CC(=O)O)C(=O)c1ccc(N2CCN(C(C)=O)CC2)c([N+](=O)[O-])c1. The van der Waals surface area contributed by atoms with Gasteiger partial charge in [0.2, 0.25) is 5.91 Å². The van der Waals surface area contributed by atoms with Crippen molar-refractivity contribution in [2.45, 2.75) is 20.3 Å². The van der Waals surface area contributed by atoms with Crippen molar-refractivity contribution in [3.63, 3.8) is 0 Å². The summed E-state index contributed by atoms with van der Waals surface area (Å²) in [5.74, 6) is -1.74. The zero-order valence-electron chi connectivity index (χ0n) is 16.0. The number of anilines is 1. The first-order valence-corrected chi connectivity index (χ1v) is 9.04. The molecule has 152 valence electrons. The summed E-state index contributed by atoms with van der Waals surface area (Å²) in [5.41, 5.74) is 0.242. The summed E-state index contributed by atoms with van der Waals surface area (Å²) in [6, 6.07) is 4.19. The smallest absolute Gasteiger partial charge is 0.323 e. The second kappa shape index (κ2) is 9.16. The van der Waals surface area contributed by atoms with E-state index in [1.165, 1.54) is 25.1 Å². The molecule has 1 heterocycles. The molecule has 0 aromatic heterocycles. The summed E-state index contributed by atoms with van der Waals surface area (Å²) < 4.78 is 0. The monoisotopic (exact) mass is 392 g/mol. The lowest BCUT2D eigenvalue weighted by Crippen LogP contribution is -2.48. The molecule has 0 unspecified atom stereocenters. The lowest BCUT2D eigenvalue weighted by Gasteiger charge is -2.35. The number of carbonyl (C=O) groups is 3. The Labute approximate surface area is 162 Å². The molecule has 0 radical (unpaired) electrons. The Bertz CT molecular complexity index is 773. The number of benzene rings is 1. The third-order valence-corrected chi connectivity index (χ3v) is 4.59. The van der Waals surface area contributed by atoms with Gasteiger partial charge in [-0.3, -0.25) is 24.5 Å². The van der Waals surface area contributed by atoms with Gasteiger partial charge in [-0.2, -0.15) is 0 Å². The third-order valence-electron chi connectivity index (χ3n) is 4.59. The maximum absolute atomic E-state index is 12.6. The van der Waals surface area contributed by atoms with Gasteiger partial charge >= 0.3 is 5.97 Å². The molecular formula is C18H24N4O6. The maximum atomic E-state index is 12.6. The first-order valence-electron chi connectivity index (χ1n) is 9.04. The van der Waals surface area contributed by atoms with E-state index in [4.69, 9.17) is 5.11 Å². The lowest BCUT2D eigenvalue weighted by molar-refractivity contribution is -0.384. The largest absolute Gasteiger partial charge is 0.480 e. The number of rotatable bonds is 7. The average molecular weight is 392 g/mol. The summed E-state index contributed by atoms with van der Waals surface area (Å²) >= 11 is 0. The van der Waals surface area contributed by atoms with E-state index in [2.05, 4.69) is 0 Å². The standard InChI is InChI=1S/C18H24N4O6/c1-3-6-21(12-17(24)25)18(26)14-4-5-15(16(11-14)22(27)28)20-9-7-19(8-10-20)13(2)23/h4-5,11H,3,6-10,12H2,1-2H3,(H,24,25). The normalized spacial score (nSPS) is 13.9. The van der Waals surface area contributed by atoms with Gasteiger partial charge in [-0.05, 0) is 18.6 Å². The fraction of sp³-hybridized carbons (Fsp3) is 0.500. The number of piperazine rings is 1. The summed E-state index contributed by atoms with van der Waals surface area (Å²) in [6.45, 7) is 4.92. The van der Waals surface area contributed by atoms with Crippen LogP contribution in [0.5, 0.6) is 0 Å². The molecule has 0 aliphatic carbocycles. The quantitative estimate of drug-likeness (QED) is 0.546. The molecule has 0 atom stereocenters. The highest BCUT2D eigenvalue weighted by atomic mass is 16.6. The molecule has 1 saturated heterocycles. The van der Waals surface area contributed by atoms with Gasteiger partial charge in [0.05, 0.1) is 4.92 Å². The van der Waals surface area contributed by atoms with Crippen molar-refractivity contribution in [2.24, 2.45) is 0 Å². The van der Waals surface area contributed by atoms with Crippen LogP contribution in [0.15, 0.2) is 18.2 Å². The fourth-order valence-corrected chi connectivity index (χ4v) is 3.20. The van der Waals surface area contributed by atoms with Crippen molar-refractivity contribution in [1.29, 1.82) is 0 Å². The molecule has 0 bridgehead atoms. The van der Waals surface area contributed by atoms with Crippen LogP contribution in [0, 0.1) is 10.1 Å². The van der Waals surface area contributed by atoms with Crippen molar-refractivity contribution >= 4 is 29.2 Å². The molecule has 1 fully saturated rings. The van der Waals surface area contributed by atoms with Crippen molar-refractivity contribution in [3.8, 4) is 0 Å². The van der Waals surface area contributed by atoms with Crippen LogP contribution in [0.25, 0.3) is 0 Å². The van der Waals surface area contributed by atoms with Gasteiger partial charge in [-0.15, -0.1) is 0 Å². The molecule has 10 nitrogen and oxygen atoms in total. The van der Waals surface area contributed by atoms with Gasteiger partial charge in [0, 0.05) is 51.3 Å². The zero-order chi connectivity index (χ0) is 20.8. The van der Waals surface area contributed by atoms with Gasteiger partial charge < -0.3 is 19.8 Å². The number of amides is 2. The highest BCUT2D eigenvalue weighted by Gasteiger charge is 2.27. The van der Waals surface area contributed by atoms with Gasteiger partial charge in [0.15, 0.2) is 0 Å². The highest BCUT2D eigenvalue weighted by Crippen LogP contribution is 2.30. The Kier molecular flexibility index (Phi) is 6.91. The molecule has 1 N–H and O–H groups in total. The maximum Gasteiger partial charge on any atom is 0.323 e. The summed E-state index contributed by atoms with van der Waals surface area (Å²) in [6.07, 6.45) is 0.569. The van der Waals surface area contributed by atoms with Gasteiger partial charge in [0.25, 0.3) is 11.6 Å². The van der Waals surface area contributed by atoms with Crippen molar-refractivity contribution < 1.29 is 24.4 Å². The number of nitro groups is 1. The minimum Gasteiger partial charge on any atom is -0.480 e. The number of carboxylic acids is 1. The Balaban J connectivity index is 2.27. The molecule has 1 aromatic rings. The number of hydrogen-bond acceptors (Lipinski definition) is 6. The molecular weight excluding hydrogens is 368 g/mol. The fourth-order valence-electron chi connectivity index (χ4n) is 3.20. The molecule has 10 heteroatoms. The number of carboxylic acid groups (broad SMARTS) is 1. The Morgan fingerprint density at radius 2 is 1.86 bits per heavy atom. The van der Waals surface area contributed by atoms with E-state index < -0.39 is 23.3 Å². The minimum atomic E-state index is -1.14. The first kappa shape index (κ1) is 21.1. The number of nitro benzene ring substituents is 1. The average Bonchev–Trinajstić information content (AvgIpc) is 2.66. The van der Waals surface area contributed by atoms with E-state index in [0.717, 1.165) is 4.90 Å². The third kappa shape index (κ3) is 4.96. The minimum absolute atomic E-state index is 0.0375. The molecule has 0 spiro atoms. The van der Waals surface area contributed by atoms with Crippen molar-refractivity contribution in [3.05, 3.63) is 33.9 Å². The van der Waals surface area contributed by atoms with E-state index in [0.29, 0.717) is 38.3 Å². The number of aliphatic carboxylic acids is 1. The molecule has 2 rings (SSSR count). The Hall–Kier alpha value is -3.17. The van der Waals surface area contributed by atoms with Crippen LogP contribution in [-0.4, -0.2) is 76.9 Å². The number of carbonyl (C=O) groups excluding carboxylic acids is 2. The van der Waals surface area contributed by atoms with Crippen LogP contribution in [0.2, 0.25) is 0 Å². The van der Waals surface area contributed by atoms with Crippen LogP contribution in [-0.2, 0) is 9.59 Å². The molecule has 1 aromatic carbocycles. The van der Waals surface area contributed by atoms with Crippen molar-refractivity contribution in [1.82, 2.24) is 9.80 Å². The van der Waals surface area contributed by atoms with Crippen LogP contribution in [0.4, 0.5) is 11.4 Å². The van der Waals surface area contributed by atoms with Crippen molar-refractivity contribution in [2.75, 3.05) is 44.2 Å². The Morgan fingerprint density at radius 3 is 2.36 bits per heavy atom. The number of nitrogens with zero attached hydrogens (tertiary/aromatic N) is 4. The lowest BCUT2D eigenvalue weighted by atomic mass is 10.1. The number of hydrogen-bond donors (Lipinski definition) is 1. The predicted molar refractivity (Wildman–Crippen MR) is 101 cm³/mol. The first-order chi connectivity index (χ1) is 13.2. The summed E-state index contributed by atoms with van der Waals surface area (Å²) in [5, 5.41) is 20.6. The van der Waals surface area contributed by atoms with Gasteiger partial charge in [-0.1, -0.05) is 6.92 Å². The zero-order valence-corrected chi connectivity index (χ0v) is 16.0. The predicted octanol–water partition coefficient (Wildman–Crippen LogP) is 1.20. The second-order valence-corrected chi connectivity index (χ2v) is 6.57. The van der Waals surface area contributed by atoms with E-state index in [1.807, 2.05) is 11.8 Å². The van der Waals surface area contributed by atoms with Crippen LogP contribution in [0.3, 0.4) is 0 Å². The molecule has 28 heavy (non-hydrogen) atoms. The van der Waals surface area contributed by atoms with E-state index >= 15 is 0 Å². The summed E-state index contributed by atoms with van der Waals surface area (Å²) in [7, 11) is 0. The topological polar surface area (TPSA) is 124 Å². The van der Waals surface area contributed by atoms with E-state index in [9.17, 15) is 24.5 Å². The van der Waals surface area contributed by atoms with Crippen LogP contribution in [0.1, 0.15) is 30.6 Å². The van der Waals surface area contributed by atoms with E-state index in [-0.39, 0.29) is 23.7 Å². The Morgan fingerprint density at radius 1 is 1.21 bits per heavy atom. The molecule has 0 saturated carbocycles. The molecule has 1 aliphatic rings. The van der Waals surface area contributed by atoms with E-state index in [1.54, 1.807) is 4.90 Å². The van der Waals surface area contributed by atoms with Crippen LogP contribution >= 0.6 is 0 Å². The summed E-state index contributed by atoms with van der Waals surface area (Å²) in [4.78, 5) is 50.7. The van der Waals surface area contributed by atoms with Crippen LogP contribution < -0.4 is 4.90 Å². The molecule has 1 aliphatic heterocycles. The highest BCUT2D eigenvalue weighted by molar-refractivity contribution is 5.97. The van der Waals surface area contributed by atoms with Gasteiger partial charge in [0.1, 0.15) is 12.2 Å². The second-order valence-electron chi connectivity index (χ2n) is 6.57. The molecule has 2 amide bonds.